The second-order valence-corrected chi connectivity index (χ2v) is 6.84. The Morgan fingerprint density at radius 3 is 2.77 bits per heavy atom. The van der Waals surface area contributed by atoms with Gasteiger partial charge in [0, 0.05) is 17.8 Å². The highest BCUT2D eigenvalue weighted by atomic mass is 16.5. The molecule has 4 aromatic rings. The molecule has 150 valence electrons. The minimum Gasteiger partial charge on any atom is -0.451 e. The molecule has 30 heavy (non-hydrogen) atoms. The summed E-state index contributed by atoms with van der Waals surface area (Å²) in [6, 6.07) is 17.0. The predicted molar refractivity (Wildman–Crippen MR) is 114 cm³/mol. The molecular formula is C23H20N4O3. The lowest BCUT2D eigenvalue weighted by molar-refractivity contribution is -0.142. The zero-order chi connectivity index (χ0) is 20.9. The van der Waals surface area contributed by atoms with Gasteiger partial charge in [0.05, 0.1) is 23.6 Å². The molecule has 0 saturated carbocycles. The number of rotatable bonds is 6. The highest BCUT2D eigenvalue weighted by molar-refractivity contribution is 5.87. The molecule has 0 aliphatic rings. The number of carbonyl (C=O) groups excluding carboxylic acids is 1. The lowest BCUT2D eigenvalue weighted by Crippen LogP contribution is -2.16. The summed E-state index contributed by atoms with van der Waals surface area (Å²) in [6.45, 7) is 2.31. The molecule has 7 nitrogen and oxygen atoms in total. The molecule has 0 amide bonds. The van der Waals surface area contributed by atoms with Gasteiger partial charge in [-0.1, -0.05) is 42.5 Å². The fraction of sp³-hybridized carbons (Fsp3) is 0.130. The standard InChI is InChI=1S/C23H20N4O3/c1-16(22-25-20-10-6-5-9-19(20)23(29)26-22)30-21(28)12-11-18-13-24-27(15-18)14-17-7-3-2-4-8-17/h2-13,15-16H,14H2,1H3,(H,25,26,29)/b12-11+/t16-/m0/s1. The number of aromatic nitrogens is 4. The normalized spacial score (nSPS) is 12.3. The first kappa shape index (κ1) is 19.3. The summed E-state index contributed by atoms with van der Waals surface area (Å²) >= 11 is 0. The van der Waals surface area contributed by atoms with Crippen molar-refractivity contribution in [2.45, 2.75) is 19.6 Å². The van der Waals surface area contributed by atoms with Crippen molar-refractivity contribution >= 4 is 22.9 Å². The van der Waals surface area contributed by atoms with Crippen LogP contribution >= 0.6 is 0 Å². The molecule has 0 aliphatic heterocycles. The number of nitrogens with zero attached hydrogens (tertiary/aromatic N) is 3. The van der Waals surface area contributed by atoms with Gasteiger partial charge in [0.25, 0.3) is 5.56 Å². The lowest BCUT2D eigenvalue weighted by Gasteiger charge is -2.11. The molecule has 0 fully saturated rings. The zero-order valence-corrected chi connectivity index (χ0v) is 16.4. The van der Waals surface area contributed by atoms with Crippen molar-refractivity contribution in [2.24, 2.45) is 0 Å². The third-order valence-corrected chi connectivity index (χ3v) is 4.56. The first-order chi connectivity index (χ1) is 14.6. The number of aromatic amines is 1. The van der Waals surface area contributed by atoms with Crippen LogP contribution in [0.3, 0.4) is 0 Å². The second-order valence-electron chi connectivity index (χ2n) is 6.84. The van der Waals surface area contributed by atoms with Crippen LogP contribution in [-0.2, 0) is 16.1 Å². The summed E-state index contributed by atoms with van der Waals surface area (Å²) in [5.41, 5.74) is 2.22. The highest BCUT2D eigenvalue weighted by Gasteiger charge is 2.14. The maximum Gasteiger partial charge on any atom is 0.331 e. The van der Waals surface area contributed by atoms with Crippen LogP contribution in [0.2, 0.25) is 0 Å². The van der Waals surface area contributed by atoms with Gasteiger partial charge in [-0.05, 0) is 30.7 Å². The van der Waals surface area contributed by atoms with Crippen LogP contribution in [0.5, 0.6) is 0 Å². The lowest BCUT2D eigenvalue weighted by atomic mass is 10.2. The minimum atomic E-state index is -0.694. The summed E-state index contributed by atoms with van der Waals surface area (Å²) in [5, 5.41) is 4.79. The third kappa shape index (κ3) is 4.52. The Morgan fingerprint density at radius 2 is 1.93 bits per heavy atom. The number of H-pyrrole nitrogens is 1. The molecule has 1 N–H and O–H groups in total. The van der Waals surface area contributed by atoms with Gasteiger partial charge in [-0.25, -0.2) is 9.78 Å². The summed E-state index contributed by atoms with van der Waals surface area (Å²) in [5.74, 6) is -0.231. The van der Waals surface area contributed by atoms with E-state index in [2.05, 4.69) is 15.1 Å². The van der Waals surface area contributed by atoms with Gasteiger partial charge in [0.1, 0.15) is 0 Å². The molecule has 0 aliphatic carbocycles. The molecule has 0 bridgehead atoms. The number of ether oxygens (including phenoxy) is 1. The Hall–Kier alpha value is -4.00. The predicted octanol–water partition coefficient (Wildman–Crippen LogP) is 3.49. The van der Waals surface area contributed by atoms with Crippen molar-refractivity contribution in [3.8, 4) is 0 Å². The van der Waals surface area contributed by atoms with E-state index in [1.165, 1.54) is 6.08 Å². The van der Waals surface area contributed by atoms with Gasteiger partial charge in [-0.2, -0.15) is 5.10 Å². The largest absolute Gasteiger partial charge is 0.451 e. The molecule has 0 saturated heterocycles. The van der Waals surface area contributed by atoms with Crippen LogP contribution < -0.4 is 5.56 Å². The number of esters is 1. The van der Waals surface area contributed by atoms with Crippen LogP contribution in [0, 0.1) is 0 Å². The van der Waals surface area contributed by atoms with Gasteiger partial charge in [0.15, 0.2) is 11.9 Å². The van der Waals surface area contributed by atoms with Crippen molar-refractivity contribution < 1.29 is 9.53 Å². The van der Waals surface area contributed by atoms with E-state index in [0.717, 1.165) is 11.1 Å². The van der Waals surface area contributed by atoms with E-state index in [-0.39, 0.29) is 5.56 Å². The topological polar surface area (TPSA) is 89.9 Å². The molecule has 2 heterocycles. The number of fused-ring (bicyclic) bond motifs is 1. The van der Waals surface area contributed by atoms with E-state index in [4.69, 9.17) is 4.74 Å². The van der Waals surface area contributed by atoms with E-state index in [1.54, 1.807) is 48.1 Å². The Bertz CT molecular complexity index is 1260. The Balaban J connectivity index is 1.40. The molecule has 1 atom stereocenters. The van der Waals surface area contributed by atoms with Gasteiger partial charge < -0.3 is 9.72 Å². The first-order valence-corrected chi connectivity index (χ1v) is 9.52. The van der Waals surface area contributed by atoms with Crippen LogP contribution in [0.25, 0.3) is 17.0 Å². The molecule has 0 unspecified atom stereocenters. The molecule has 4 rings (SSSR count). The fourth-order valence-corrected chi connectivity index (χ4v) is 3.05. The van der Waals surface area contributed by atoms with Crippen molar-refractivity contribution in [3.63, 3.8) is 0 Å². The monoisotopic (exact) mass is 400 g/mol. The van der Waals surface area contributed by atoms with E-state index in [9.17, 15) is 9.59 Å². The Labute approximate surface area is 172 Å². The molecule has 0 radical (unpaired) electrons. The third-order valence-electron chi connectivity index (χ3n) is 4.56. The maximum atomic E-state index is 12.2. The van der Waals surface area contributed by atoms with Gasteiger partial charge in [-0.3, -0.25) is 9.48 Å². The van der Waals surface area contributed by atoms with E-state index in [0.29, 0.717) is 23.3 Å². The SMILES string of the molecule is C[C@H](OC(=O)/C=C/c1cnn(Cc2ccccc2)c1)c1nc2ccccc2c(=O)[nH]1. The molecular weight excluding hydrogens is 380 g/mol. The number of hydrogen-bond acceptors (Lipinski definition) is 5. The Morgan fingerprint density at radius 1 is 1.17 bits per heavy atom. The van der Waals surface area contributed by atoms with Gasteiger partial charge in [0.2, 0.25) is 0 Å². The molecule has 2 aromatic heterocycles. The van der Waals surface area contributed by atoms with Gasteiger partial charge in [-0.15, -0.1) is 0 Å². The Kier molecular flexibility index (Phi) is 5.52. The summed E-state index contributed by atoms with van der Waals surface area (Å²) < 4.78 is 7.18. The highest BCUT2D eigenvalue weighted by Crippen LogP contribution is 2.15. The fourth-order valence-electron chi connectivity index (χ4n) is 3.05. The van der Waals surface area contributed by atoms with Crippen molar-refractivity contribution in [1.29, 1.82) is 0 Å². The van der Waals surface area contributed by atoms with Crippen LogP contribution in [-0.4, -0.2) is 25.7 Å². The quantitative estimate of drug-likeness (QED) is 0.395. The number of carbonyl (C=O) groups is 1. The summed E-state index contributed by atoms with van der Waals surface area (Å²) in [4.78, 5) is 31.4. The smallest absolute Gasteiger partial charge is 0.331 e. The minimum absolute atomic E-state index is 0.264. The van der Waals surface area contributed by atoms with Crippen LogP contribution in [0.4, 0.5) is 0 Å². The number of benzene rings is 2. The first-order valence-electron chi connectivity index (χ1n) is 9.52. The molecule has 2 aromatic carbocycles. The number of nitrogens with one attached hydrogen (secondary N) is 1. The van der Waals surface area contributed by atoms with Gasteiger partial charge >= 0.3 is 5.97 Å². The summed E-state index contributed by atoms with van der Waals surface area (Å²) in [6.07, 6.45) is 5.81. The average molecular weight is 400 g/mol. The van der Waals surface area contributed by atoms with Crippen molar-refractivity contribution in [1.82, 2.24) is 19.7 Å². The zero-order valence-electron chi connectivity index (χ0n) is 16.4. The number of hydrogen-bond donors (Lipinski definition) is 1. The molecule has 0 spiro atoms. The molecule has 7 heteroatoms. The number of para-hydroxylation sites is 1. The maximum absolute atomic E-state index is 12.2. The van der Waals surface area contributed by atoms with E-state index >= 15 is 0 Å². The average Bonchev–Trinajstić information content (AvgIpc) is 3.20. The van der Waals surface area contributed by atoms with Crippen LogP contribution in [0.15, 0.2) is 77.9 Å². The van der Waals surface area contributed by atoms with Crippen molar-refractivity contribution in [2.75, 3.05) is 0 Å². The summed E-state index contributed by atoms with van der Waals surface area (Å²) in [7, 11) is 0. The van der Waals surface area contributed by atoms with Crippen molar-refractivity contribution in [3.05, 3.63) is 100 Å². The van der Waals surface area contributed by atoms with E-state index in [1.807, 2.05) is 36.5 Å². The second kappa shape index (κ2) is 8.57. The van der Waals surface area contributed by atoms with Crippen LogP contribution in [0.1, 0.15) is 30.0 Å². The van der Waals surface area contributed by atoms with E-state index < -0.39 is 12.1 Å².